The molecule has 0 aliphatic heterocycles. The number of amides is 2. The fourth-order valence-corrected chi connectivity index (χ4v) is 1.83. The molecule has 0 aromatic heterocycles. The first-order chi connectivity index (χ1) is 7.00. The highest BCUT2D eigenvalue weighted by Gasteiger charge is 2.25. The van der Waals surface area contributed by atoms with Crippen molar-refractivity contribution in [3.05, 3.63) is 0 Å². The standard InChI is InChI=1S/C10H18N2O3/c1-6-4-3-5-8(6)12-10(15)11-7(2)9(13)14/h6-8H,3-5H2,1-2H3,(H,13,14)(H2,11,12,15)/t6?,7-,8?/m0/s1. The van der Waals surface area contributed by atoms with Gasteiger partial charge in [-0.25, -0.2) is 4.79 Å². The van der Waals surface area contributed by atoms with Crippen LogP contribution < -0.4 is 10.6 Å². The van der Waals surface area contributed by atoms with Crippen molar-refractivity contribution < 1.29 is 14.7 Å². The Balaban J connectivity index is 2.32. The molecule has 0 spiro atoms. The Morgan fingerprint density at radius 1 is 1.40 bits per heavy atom. The van der Waals surface area contributed by atoms with E-state index in [1.54, 1.807) is 0 Å². The zero-order valence-electron chi connectivity index (χ0n) is 9.12. The summed E-state index contributed by atoms with van der Waals surface area (Å²) in [5.41, 5.74) is 0. The van der Waals surface area contributed by atoms with Crippen molar-refractivity contribution in [2.24, 2.45) is 5.92 Å². The van der Waals surface area contributed by atoms with Gasteiger partial charge in [0.15, 0.2) is 0 Å². The molecule has 2 unspecified atom stereocenters. The Morgan fingerprint density at radius 3 is 2.53 bits per heavy atom. The van der Waals surface area contributed by atoms with E-state index < -0.39 is 12.0 Å². The molecule has 3 atom stereocenters. The molecule has 0 bridgehead atoms. The van der Waals surface area contributed by atoms with Crippen LogP contribution in [-0.4, -0.2) is 29.2 Å². The lowest BCUT2D eigenvalue weighted by molar-refractivity contribution is -0.138. The van der Waals surface area contributed by atoms with E-state index in [2.05, 4.69) is 17.6 Å². The Morgan fingerprint density at radius 2 is 2.07 bits per heavy atom. The van der Waals surface area contributed by atoms with Gasteiger partial charge in [-0.15, -0.1) is 0 Å². The zero-order chi connectivity index (χ0) is 11.4. The summed E-state index contributed by atoms with van der Waals surface area (Å²) in [7, 11) is 0. The molecule has 15 heavy (non-hydrogen) atoms. The summed E-state index contributed by atoms with van der Waals surface area (Å²) < 4.78 is 0. The van der Waals surface area contributed by atoms with Gasteiger partial charge in [-0.1, -0.05) is 13.3 Å². The maximum Gasteiger partial charge on any atom is 0.325 e. The SMILES string of the molecule is CC1CCCC1NC(=O)N[C@@H](C)C(=O)O. The summed E-state index contributed by atoms with van der Waals surface area (Å²) in [6.07, 6.45) is 3.23. The molecular weight excluding hydrogens is 196 g/mol. The Bertz CT molecular complexity index is 255. The highest BCUT2D eigenvalue weighted by molar-refractivity contribution is 5.82. The minimum absolute atomic E-state index is 0.186. The van der Waals surface area contributed by atoms with Crippen molar-refractivity contribution in [3.63, 3.8) is 0 Å². The number of hydrogen-bond acceptors (Lipinski definition) is 2. The summed E-state index contributed by atoms with van der Waals surface area (Å²) in [5.74, 6) is -0.541. The molecular formula is C10H18N2O3. The van der Waals surface area contributed by atoms with Crippen molar-refractivity contribution in [2.45, 2.75) is 45.2 Å². The van der Waals surface area contributed by atoms with Crippen molar-refractivity contribution in [3.8, 4) is 0 Å². The van der Waals surface area contributed by atoms with Gasteiger partial charge in [-0.3, -0.25) is 4.79 Å². The smallest absolute Gasteiger partial charge is 0.325 e. The predicted octanol–water partition coefficient (Wildman–Crippen LogP) is 0.947. The number of carboxylic acids is 1. The second kappa shape index (κ2) is 5.00. The van der Waals surface area contributed by atoms with Gasteiger partial charge in [0.05, 0.1) is 0 Å². The number of carbonyl (C=O) groups excluding carboxylic acids is 1. The van der Waals surface area contributed by atoms with Crippen LogP contribution in [0.25, 0.3) is 0 Å². The van der Waals surface area contributed by atoms with Gasteiger partial charge >= 0.3 is 12.0 Å². The second-order valence-corrected chi connectivity index (χ2v) is 4.19. The largest absolute Gasteiger partial charge is 0.480 e. The van der Waals surface area contributed by atoms with E-state index in [1.807, 2.05) is 0 Å². The van der Waals surface area contributed by atoms with E-state index in [0.29, 0.717) is 5.92 Å². The molecule has 0 radical (unpaired) electrons. The topological polar surface area (TPSA) is 78.4 Å². The van der Waals surface area contributed by atoms with Gasteiger partial charge in [0.25, 0.3) is 0 Å². The van der Waals surface area contributed by atoms with Gasteiger partial charge in [0.1, 0.15) is 6.04 Å². The van der Waals surface area contributed by atoms with Crippen LogP contribution in [0.1, 0.15) is 33.1 Å². The average Bonchev–Trinajstić information content (AvgIpc) is 2.51. The molecule has 5 heteroatoms. The van der Waals surface area contributed by atoms with Crippen LogP contribution in [0, 0.1) is 5.92 Å². The molecule has 2 amide bonds. The molecule has 0 aromatic carbocycles. The van der Waals surface area contributed by atoms with Crippen LogP contribution in [0.2, 0.25) is 0 Å². The van der Waals surface area contributed by atoms with Crippen LogP contribution in [0.3, 0.4) is 0 Å². The Hall–Kier alpha value is -1.26. The van der Waals surface area contributed by atoms with Crippen molar-refractivity contribution in [1.82, 2.24) is 10.6 Å². The molecule has 0 saturated heterocycles. The fourth-order valence-electron chi connectivity index (χ4n) is 1.83. The first-order valence-corrected chi connectivity index (χ1v) is 5.30. The van der Waals surface area contributed by atoms with E-state index in [4.69, 9.17) is 5.11 Å². The zero-order valence-corrected chi connectivity index (χ0v) is 9.12. The molecule has 0 aromatic rings. The van der Waals surface area contributed by atoms with Crippen LogP contribution in [0.4, 0.5) is 4.79 Å². The number of urea groups is 1. The van der Waals surface area contributed by atoms with E-state index in [0.717, 1.165) is 19.3 Å². The normalized spacial score (nSPS) is 27.1. The Labute approximate surface area is 89.2 Å². The first kappa shape index (κ1) is 11.8. The highest BCUT2D eigenvalue weighted by atomic mass is 16.4. The molecule has 1 fully saturated rings. The highest BCUT2D eigenvalue weighted by Crippen LogP contribution is 2.24. The number of carboxylic acid groups (broad SMARTS) is 1. The van der Waals surface area contributed by atoms with Gasteiger partial charge in [0.2, 0.25) is 0 Å². The number of hydrogen-bond donors (Lipinski definition) is 3. The third-order valence-corrected chi connectivity index (χ3v) is 2.90. The van der Waals surface area contributed by atoms with Gasteiger partial charge in [0, 0.05) is 6.04 Å². The molecule has 1 aliphatic rings. The second-order valence-electron chi connectivity index (χ2n) is 4.19. The molecule has 3 N–H and O–H groups in total. The van der Waals surface area contributed by atoms with Crippen LogP contribution >= 0.6 is 0 Å². The van der Waals surface area contributed by atoms with Crippen molar-refractivity contribution >= 4 is 12.0 Å². The third-order valence-electron chi connectivity index (χ3n) is 2.90. The summed E-state index contributed by atoms with van der Waals surface area (Å²) in [5, 5.41) is 13.8. The van der Waals surface area contributed by atoms with Crippen molar-refractivity contribution in [2.75, 3.05) is 0 Å². The summed E-state index contributed by atoms with van der Waals surface area (Å²) in [4.78, 5) is 21.9. The minimum atomic E-state index is -1.02. The number of nitrogens with one attached hydrogen (secondary N) is 2. The summed E-state index contributed by atoms with van der Waals surface area (Å²) >= 11 is 0. The van der Waals surface area contributed by atoms with Gasteiger partial charge in [-0.2, -0.15) is 0 Å². The maximum atomic E-state index is 11.4. The molecule has 0 heterocycles. The predicted molar refractivity (Wildman–Crippen MR) is 55.6 cm³/mol. The molecule has 1 aliphatic carbocycles. The lowest BCUT2D eigenvalue weighted by atomic mass is 10.1. The minimum Gasteiger partial charge on any atom is -0.480 e. The lowest BCUT2D eigenvalue weighted by Gasteiger charge is -2.18. The summed E-state index contributed by atoms with van der Waals surface area (Å²) in [6.45, 7) is 3.54. The van der Waals surface area contributed by atoms with E-state index in [1.165, 1.54) is 6.92 Å². The molecule has 5 nitrogen and oxygen atoms in total. The number of aliphatic carboxylic acids is 1. The quantitative estimate of drug-likeness (QED) is 0.654. The molecule has 1 saturated carbocycles. The van der Waals surface area contributed by atoms with E-state index in [9.17, 15) is 9.59 Å². The summed E-state index contributed by atoms with van der Waals surface area (Å²) in [6, 6.07) is -1.05. The molecule has 86 valence electrons. The first-order valence-electron chi connectivity index (χ1n) is 5.30. The van der Waals surface area contributed by atoms with Crippen molar-refractivity contribution in [1.29, 1.82) is 0 Å². The Kier molecular flexibility index (Phi) is 3.94. The van der Waals surface area contributed by atoms with E-state index >= 15 is 0 Å². The fraction of sp³-hybridized carbons (Fsp3) is 0.800. The van der Waals surface area contributed by atoms with Crippen LogP contribution in [0.15, 0.2) is 0 Å². The van der Waals surface area contributed by atoms with Crippen LogP contribution in [-0.2, 0) is 4.79 Å². The third kappa shape index (κ3) is 3.42. The average molecular weight is 214 g/mol. The van der Waals surface area contributed by atoms with Gasteiger partial charge in [-0.05, 0) is 25.7 Å². The maximum absolute atomic E-state index is 11.4. The van der Waals surface area contributed by atoms with Crippen LogP contribution in [0.5, 0.6) is 0 Å². The van der Waals surface area contributed by atoms with E-state index in [-0.39, 0.29) is 12.1 Å². The molecule has 1 rings (SSSR count). The number of rotatable bonds is 3. The van der Waals surface area contributed by atoms with Gasteiger partial charge < -0.3 is 15.7 Å². The monoisotopic (exact) mass is 214 g/mol. The number of carbonyl (C=O) groups is 2. The lowest BCUT2D eigenvalue weighted by Crippen LogP contribution is -2.48.